The number of aromatic amines is 1. The lowest BCUT2D eigenvalue weighted by Crippen LogP contribution is -2.13. The average Bonchev–Trinajstić information content (AvgIpc) is 3.03. The van der Waals surface area contributed by atoms with E-state index in [-0.39, 0.29) is 11.3 Å². The van der Waals surface area contributed by atoms with Gasteiger partial charge < -0.3 is 10.3 Å². The number of anilines is 1. The van der Waals surface area contributed by atoms with Gasteiger partial charge in [0, 0.05) is 40.5 Å². The first-order valence-electron chi connectivity index (χ1n) is 7.32. The molecule has 1 amide bonds. The van der Waals surface area contributed by atoms with E-state index in [4.69, 9.17) is 0 Å². The van der Waals surface area contributed by atoms with Crippen molar-refractivity contribution in [2.24, 2.45) is 0 Å². The maximum absolute atomic E-state index is 12.3. The molecule has 1 aromatic heterocycles. The number of carbonyl (C=O) groups is 1. The van der Waals surface area contributed by atoms with Gasteiger partial charge in [-0.15, -0.1) is 0 Å². The largest absolute Gasteiger partial charge is 0.361 e. The highest BCUT2D eigenvalue weighted by atomic mass is 16.6. The summed E-state index contributed by atoms with van der Waals surface area (Å²) in [5.41, 5.74) is 1.86. The quantitative estimate of drug-likeness (QED) is 0.329. The van der Waals surface area contributed by atoms with Gasteiger partial charge in [0.25, 0.3) is 11.6 Å². The molecule has 1 heterocycles. The minimum absolute atomic E-state index is 0.0666. The second-order valence-corrected chi connectivity index (χ2v) is 5.22. The molecule has 25 heavy (non-hydrogen) atoms. The summed E-state index contributed by atoms with van der Waals surface area (Å²) in [4.78, 5) is 25.5. The number of carbonyl (C=O) groups excluding carboxylic acids is 1. The molecule has 0 fully saturated rings. The summed E-state index contributed by atoms with van der Waals surface area (Å²) >= 11 is 0. The number of non-ortho nitro benzene ring substituents is 1. The molecule has 0 saturated heterocycles. The van der Waals surface area contributed by atoms with Gasteiger partial charge in [-0.05, 0) is 24.3 Å². The van der Waals surface area contributed by atoms with Crippen LogP contribution in [0.15, 0.2) is 60.3 Å². The Kier molecular flexibility index (Phi) is 4.26. The predicted molar refractivity (Wildman–Crippen MR) is 93.6 cm³/mol. The number of nitro groups is 1. The topological polar surface area (TPSA) is 112 Å². The molecule has 0 unspecified atom stereocenters. The maximum atomic E-state index is 12.3. The number of hydrogen-bond acceptors (Lipinski definition) is 4. The zero-order valence-corrected chi connectivity index (χ0v) is 12.9. The van der Waals surface area contributed by atoms with Crippen molar-refractivity contribution in [1.82, 2.24) is 4.98 Å². The van der Waals surface area contributed by atoms with Gasteiger partial charge in [-0.25, -0.2) is 0 Å². The average molecular weight is 332 g/mol. The van der Waals surface area contributed by atoms with Crippen molar-refractivity contribution in [1.29, 1.82) is 5.26 Å². The first-order chi connectivity index (χ1) is 12.1. The highest BCUT2D eigenvalue weighted by Crippen LogP contribution is 2.21. The molecule has 0 bridgehead atoms. The third-order valence-electron chi connectivity index (χ3n) is 3.62. The van der Waals surface area contributed by atoms with E-state index in [2.05, 4.69) is 10.3 Å². The van der Waals surface area contributed by atoms with Gasteiger partial charge in [-0.1, -0.05) is 18.2 Å². The van der Waals surface area contributed by atoms with Crippen LogP contribution < -0.4 is 5.32 Å². The van der Waals surface area contributed by atoms with Crippen LogP contribution in [0.4, 0.5) is 11.4 Å². The molecule has 0 saturated carbocycles. The molecule has 7 heteroatoms. The second kappa shape index (κ2) is 6.68. The molecule has 0 aliphatic rings. The van der Waals surface area contributed by atoms with Crippen LogP contribution in [0.25, 0.3) is 17.0 Å². The van der Waals surface area contributed by atoms with Gasteiger partial charge in [0.15, 0.2) is 0 Å². The van der Waals surface area contributed by atoms with E-state index in [1.165, 1.54) is 30.3 Å². The zero-order valence-electron chi connectivity index (χ0n) is 12.9. The molecule has 0 aliphatic carbocycles. The molecule has 3 aromatic rings. The van der Waals surface area contributed by atoms with Gasteiger partial charge in [0.05, 0.1) is 4.92 Å². The molecule has 3 rings (SSSR count). The zero-order chi connectivity index (χ0) is 17.8. The van der Waals surface area contributed by atoms with Crippen LogP contribution in [0.2, 0.25) is 0 Å². The summed E-state index contributed by atoms with van der Waals surface area (Å²) in [6.45, 7) is 0. The van der Waals surface area contributed by atoms with Crippen LogP contribution in [-0.4, -0.2) is 15.8 Å². The summed E-state index contributed by atoms with van der Waals surface area (Å²) in [6, 6.07) is 14.8. The summed E-state index contributed by atoms with van der Waals surface area (Å²) < 4.78 is 0. The molecule has 0 atom stereocenters. The number of nitriles is 1. The Bertz CT molecular complexity index is 1030. The highest BCUT2D eigenvalue weighted by Gasteiger charge is 2.12. The molecule has 122 valence electrons. The van der Waals surface area contributed by atoms with Gasteiger partial charge in [0.1, 0.15) is 11.6 Å². The van der Waals surface area contributed by atoms with Crippen LogP contribution in [0.3, 0.4) is 0 Å². The Morgan fingerprint density at radius 1 is 1.20 bits per heavy atom. The monoisotopic (exact) mass is 332 g/mol. The SMILES string of the molecule is N#CC(=Cc1c[nH]c2ccccc12)C(=O)Nc1ccc([N+](=O)[O-])cc1. The number of amides is 1. The summed E-state index contributed by atoms with van der Waals surface area (Å²) in [6.07, 6.45) is 3.22. The van der Waals surface area contributed by atoms with E-state index in [1.54, 1.807) is 6.20 Å². The fraction of sp³-hybridized carbons (Fsp3) is 0. The van der Waals surface area contributed by atoms with Crippen LogP contribution >= 0.6 is 0 Å². The first-order valence-corrected chi connectivity index (χ1v) is 7.32. The maximum Gasteiger partial charge on any atom is 0.269 e. The Hall–Kier alpha value is -3.92. The highest BCUT2D eigenvalue weighted by molar-refractivity contribution is 6.10. The number of para-hydroxylation sites is 1. The van der Waals surface area contributed by atoms with Crippen molar-refractivity contribution < 1.29 is 9.72 Å². The van der Waals surface area contributed by atoms with E-state index >= 15 is 0 Å². The van der Waals surface area contributed by atoms with Crippen LogP contribution in [0.5, 0.6) is 0 Å². The minimum Gasteiger partial charge on any atom is -0.361 e. The first kappa shape index (κ1) is 16.0. The number of nitrogens with zero attached hydrogens (tertiary/aromatic N) is 2. The normalized spacial score (nSPS) is 11.1. The Morgan fingerprint density at radius 3 is 2.60 bits per heavy atom. The van der Waals surface area contributed by atoms with Crippen molar-refractivity contribution in [3.63, 3.8) is 0 Å². The summed E-state index contributed by atoms with van der Waals surface area (Å²) in [5, 5.41) is 23.4. The van der Waals surface area contributed by atoms with E-state index in [9.17, 15) is 20.2 Å². The van der Waals surface area contributed by atoms with Crippen LogP contribution in [0.1, 0.15) is 5.56 Å². The Balaban J connectivity index is 1.84. The third-order valence-corrected chi connectivity index (χ3v) is 3.62. The molecule has 7 nitrogen and oxygen atoms in total. The number of benzene rings is 2. The summed E-state index contributed by atoms with van der Waals surface area (Å²) in [5.74, 6) is -0.582. The molecular formula is C18H12N4O3. The third kappa shape index (κ3) is 3.38. The fourth-order valence-corrected chi connectivity index (χ4v) is 2.38. The number of aromatic nitrogens is 1. The lowest BCUT2D eigenvalue weighted by Gasteiger charge is -2.03. The molecule has 0 radical (unpaired) electrons. The number of H-pyrrole nitrogens is 1. The van der Waals surface area contributed by atoms with Crippen molar-refractivity contribution in [2.75, 3.05) is 5.32 Å². The molecule has 2 aromatic carbocycles. The Morgan fingerprint density at radius 2 is 1.92 bits per heavy atom. The van der Waals surface area contributed by atoms with Crippen molar-refractivity contribution in [2.45, 2.75) is 0 Å². The summed E-state index contributed by atoms with van der Waals surface area (Å²) in [7, 11) is 0. The van der Waals surface area contributed by atoms with E-state index < -0.39 is 10.8 Å². The minimum atomic E-state index is -0.582. The fourth-order valence-electron chi connectivity index (χ4n) is 2.38. The molecule has 2 N–H and O–H groups in total. The number of rotatable bonds is 4. The number of fused-ring (bicyclic) bond motifs is 1. The number of hydrogen-bond donors (Lipinski definition) is 2. The lowest BCUT2D eigenvalue weighted by atomic mass is 10.1. The lowest BCUT2D eigenvalue weighted by molar-refractivity contribution is -0.384. The number of nitro benzene ring substituents is 1. The molecule has 0 aliphatic heterocycles. The van der Waals surface area contributed by atoms with E-state index in [1.807, 2.05) is 30.3 Å². The molecule has 0 spiro atoms. The van der Waals surface area contributed by atoms with E-state index in [0.29, 0.717) is 5.69 Å². The van der Waals surface area contributed by atoms with Crippen molar-refractivity contribution >= 4 is 34.3 Å². The number of nitrogens with one attached hydrogen (secondary N) is 2. The second-order valence-electron chi connectivity index (χ2n) is 5.22. The Labute approximate surface area is 142 Å². The van der Waals surface area contributed by atoms with Gasteiger partial charge in [-0.3, -0.25) is 14.9 Å². The van der Waals surface area contributed by atoms with Crippen LogP contribution in [-0.2, 0) is 4.79 Å². The van der Waals surface area contributed by atoms with Gasteiger partial charge in [0.2, 0.25) is 0 Å². The van der Waals surface area contributed by atoms with Crippen molar-refractivity contribution in [3.05, 3.63) is 76.0 Å². The van der Waals surface area contributed by atoms with Gasteiger partial charge in [-0.2, -0.15) is 5.26 Å². The van der Waals surface area contributed by atoms with Crippen LogP contribution in [0, 0.1) is 21.4 Å². The van der Waals surface area contributed by atoms with E-state index in [0.717, 1.165) is 16.5 Å². The van der Waals surface area contributed by atoms with Crippen molar-refractivity contribution in [3.8, 4) is 6.07 Å². The predicted octanol–water partition coefficient (Wildman–Crippen LogP) is 3.62. The van der Waals surface area contributed by atoms with Gasteiger partial charge >= 0.3 is 0 Å². The smallest absolute Gasteiger partial charge is 0.269 e. The standard InChI is InChI=1S/C18H12N4O3/c19-10-12(9-13-11-20-17-4-2-1-3-16(13)17)18(23)21-14-5-7-15(8-6-14)22(24)25/h1-9,11,20H,(H,21,23). The molecular weight excluding hydrogens is 320 g/mol.